The number of aliphatic hydroxyl groups is 5. The second kappa shape index (κ2) is 18.2. The Labute approximate surface area is 290 Å². The van der Waals surface area contributed by atoms with Crippen LogP contribution in [0.5, 0.6) is 0 Å². The number of ether oxygens (including phenoxy) is 13. The minimum atomic E-state index is -1.65. The minimum Gasteiger partial charge on any atom is -0.457 e. The number of carbonyl (C=O) groups is 1. The smallest absolute Gasteiger partial charge is 0.303 e. The van der Waals surface area contributed by atoms with Gasteiger partial charge in [0.05, 0.1) is 24.9 Å². The fraction of sp³-hybridized carbons (Fsp3) is 0.968. The van der Waals surface area contributed by atoms with Crippen molar-refractivity contribution in [1.29, 1.82) is 0 Å². The highest BCUT2D eigenvalue weighted by Gasteiger charge is 2.56. The molecule has 20 atom stereocenters. The zero-order valence-corrected chi connectivity index (χ0v) is 29.7. The Hall–Kier alpha value is -1.21. The highest BCUT2D eigenvalue weighted by molar-refractivity contribution is 5.66. The molecule has 0 aromatic carbocycles. The molecule has 5 N–H and O–H groups in total. The quantitative estimate of drug-likeness (QED) is 0.120. The average molecular weight is 731 g/mol. The van der Waals surface area contributed by atoms with E-state index in [2.05, 4.69) is 0 Å². The maximum absolute atomic E-state index is 12.2. The summed E-state index contributed by atoms with van der Waals surface area (Å²) in [6, 6.07) is 0. The molecule has 4 rings (SSSR count). The number of aliphatic hydroxyl groups excluding tert-OH is 5. The Balaban J connectivity index is 1.62. The Morgan fingerprint density at radius 2 is 1.00 bits per heavy atom. The molecule has 50 heavy (non-hydrogen) atoms. The van der Waals surface area contributed by atoms with Gasteiger partial charge >= 0.3 is 5.97 Å². The summed E-state index contributed by atoms with van der Waals surface area (Å²) in [6.45, 7) is 5.53. The van der Waals surface area contributed by atoms with Crippen LogP contribution < -0.4 is 0 Å². The third kappa shape index (κ3) is 8.60. The van der Waals surface area contributed by atoms with Gasteiger partial charge in [0.25, 0.3) is 0 Å². The van der Waals surface area contributed by atoms with Gasteiger partial charge < -0.3 is 87.1 Å². The predicted molar refractivity (Wildman–Crippen MR) is 163 cm³/mol. The van der Waals surface area contributed by atoms with Crippen molar-refractivity contribution in [2.24, 2.45) is 0 Å². The van der Waals surface area contributed by atoms with Crippen LogP contribution in [0.25, 0.3) is 0 Å². The van der Waals surface area contributed by atoms with Crippen molar-refractivity contribution in [3.8, 4) is 0 Å². The van der Waals surface area contributed by atoms with Crippen molar-refractivity contribution >= 4 is 5.97 Å². The van der Waals surface area contributed by atoms with E-state index in [0.29, 0.717) is 0 Å². The van der Waals surface area contributed by atoms with Crippen LogP contribution in [-0.4, -0.2) is 196 Å². The third-order valence-electron chi connectivity index (χ3n) is 9.59. The first kappa shape index (κ1) is 41.5. The van der Waals surface area contributed by atoms with Gasteiger partial charge in [-0.25, -0.2) is 0 Å². The standard InChI is InChI=1S/C31H54O19/c1-11-16(34)22(26(41-8)30(44-11)50-23-19(38-5)12(2)43-28(37)25(23)40-7)48-31-27(42-9)24(20(13(3)45-31)46-14(4)33)49-29-18(36)17(35)21(39-6)15(10-32)47-29/h11-13,15-32,34-37H,10H2,1-9H3/t11-,12-,13+,15-,16-,17-,18+,19-,20-,21-,22+,23+,24-,25+,26+,27+,28?,29-,30-,31+/m1/s1. The van der Waals surface area contributed by atoms with Gasteiger partial charge in [-0.2, -0.15) is 0 Å². The van der Waals surface area contributed by atoms with Crippen LogP contribution in [-0.2, 0) is 66.4 Å². The molecule has 0 spiro atoms. The summed E-state index contributed by atoms with van der Waals surface area (Å²) in [5, 5.41) is 53.4. The zero-order chi connectivity index (χ0) is 37.0. The normalized spacial score (nSPS) is 48.7. The Bertz CT molecular complexity index is 1040. The van der Waals surface area contributed by atoms with Crippen LogP contribution in [0.2, 0.25) is 0 Å². The fourth-order valence-corrected chi connectivity index (χ4v) is 6.98. The molecule has 4 heterocycles. The molecule has 0 bridgehead atoms. The predicted octanol–water partition coefficient (Wildman–Crippen LogP) is -2.82. The lowest BCUT2D eigenvalue weighted by Crippen LogP contribution is -2.67. The van der Waals surface area contributed by atoms with Crippen molar-refractivity contribution in [3.05, 3.63) is 0 Å². The fourth-order valence-electron chi connectivity index (χ4n) is 6.98. The van der Waals surface area contributed by atoms with Gasteiger partial charge in [-0.15, -0.1) is 0 Å². The summed E-state index contributed by atoms with van der Waals surface area (Å²) in [5.74, 6) is -0.671. The maximum atomic E-state index is 12.2. The lowest BCUT2D eigenvalue weighted by Gasteiger charge is -2.50. The van der Waals surface area contributed by atoms with Gasteiger partial charge in [0.15, 0.2) is 31.3 Å². The van der Waals surface area contributed by atoms with Crippen LogP contribution in [0.3, 0.4) is 0 Å². The average Bonchev–Trinajstić information content (AvgIpc) is 3.07. The second-order valence-electron chi connectivity index (χ2n) is 12.7. The minimum absolute atomic E-state index is 0.567. The molecule has 0 amide bonds. The maximum Gasteiger partial charge on any atom is 0.303 e. The second-order valence-corrected chi connectivity index (χ2v) is 12.7. The summed E-state index contributed by atoms with van der Waals surface area (Å²) in [5.41, 5.74) is 0. The Kier molecular flexibility index (Phi) is 15.1. The molecule has 4 aliphatic rings. The van der Waals surface area contributed by atoms with Crippen LogP contribution in [0.15, 0.2) is 0 Å². The lowest BCUT2D eigenvalue weighted by molar-refractivity contribution is -0.389. The van der Waals surface area contributed by atoms with Gasteiger partial charge in [0, 0.05) is 42.5 Å². The van der Waals surface area contributed by atoms with Crippen LogP contribution in [0.4, 0.5) is 0 Å². The monoisotopic (exact) mass is 730 g/mol. The molecule has 0 aromatic heterocycles. The number of carbonyl (C=O) groups excluding carboxylic acids is 1. The highest BCUT2D eigenvalue weighted by Crippen LogP contribution is 2.37. The van der Waals surface area contributed by atoms with E-state index in [4.69, 9.17) is 61.6 Å². The Morgan fingerprint density at radius 1 is 0.520 bits per heavy atom. The topological polar surface area (TPSA) is 238 Å². The summed E-state index contributed by atoms with van der Waals surface area (Å²) in [6.07, 6.45) is -22.9. The van der Waals surface area contributed by atoms with Crippen LogP contribution in [0.1, 0.15) is 27.7 Å². The molecule has 0 saturated carbocycles. The molecular weight excluding hydrogens is 676 g/mol. The van der Waals surface area contributed by atoms with Gasteiger partial charge in [-0.3, -0.25) is 4.79 Å². The number of esters is 1. The summed E-state index contributed by atoms with van der Waals surface area (Å²) >= 11 is 0. The molecule has 0 aromatic rings. The van der Waals surface area contributed by atoms with Crippen LogP contribution in [0, 0.1) is 0 Å². The van der Waals surface area contributed by atoms with E-state index in [1.807, 2.05) is 0 Å². The summed E-state index contributed by atoms with van der Waals surface area (Å²) in [7, 11) is 6.83. The molecule has 292 valence electrons. The van der Waals surface area contributed by atoms with Crippen molar-refractivity contribution in [2.75, 3.05) is 42.2 Å². The van der Waals surface area contributed by atoms with E-state index in [0.717, 1.165) is 0 Å². The SMILES string of the molecule is CO[C@@H]1[C@H](O[C@H]2[C@H](O)[C@@H](C)O[C@H](O[C@H]3[C@H](OC)[C@@H](C)OC(O)[C@H]3OC)[C@H]2OC)O[C@@H](C)[C@@H](OC(C)=O)[C@H]1O[C@H]1O[C@H](CO)[C@@H](OC)[C@H](O)[C@@H]1O. The molecule has 4 fully saturated rings. The third-order valence-corrected chi connectivity index (χ3v) is 9.59. The first-order valence-electron chi connectivity index (χ1n) is 16.5. The number of hydrogen-bond acceptors (Lipinski definition) is 19. The number of methoxy groups -OCH3 is 5. The molecule has 19 nitrogen and oxygen atoms in total. The summed E-state index contributed by atoms with van der Waals surface area (Å²) in [4.78, 5) is 12.2. The zero-order valence-electron chi connectivity index (χ0n) is 29.7. The van der Waals surface area contributed by atoms with Gasteiger partial charge in [0.2, 0.25) is 0 Å². The molecule has 4 aliphatic heterocycles. The first-order valence-corrected chi connectivity index (χ1v) is 16.5. The highest BCUT2D eigenvalue weighted by atomic mass is 16.8. The van der Waals surface area contributed by atoms with Gasteiger partial charge in [-0.05, 0) is 20.8 Å². The van der Waals surface area contributed by atoms with Gasteiger partial charge in [-0.1, -0.05) is 0 Å². The van der Waals surface area contributed by atoms with E-state index < -0.39 is 135 Å². The molecular formula is C31H54O19. The van der Waals surface area contributed by atoms with E-state index in [1.165, 1.54) is 42.5 Å². The molecule has 0 radical (unpaired) electrons. The molecule has 19 heteroatoms. The lowest BCUT2D eigenvalue weighted by atomic mass is 9.95. The van der Waals surface area contributed by atoms with Crippen molar-refractivity contribution in [2.45, 2.75) is 151 Å². The van der Waals surface area contributed by atoms with E-state index in [1.54, 1.807) is 20.8 Å². The number of rotatable bonds is 13. The van der Waals surface area contributed by atoms with E-state index in [-0.39, 0.29) is 0 Å². The van der Waals surface area contributed by atoms with Crippen molar-refractivity contribution in [1.82, 2.24) is 0 Å². The van der Waals surface area contributed by atoms with Crippen molar-refractivity contribution in [3.63, 3.8) is 0 Å². The summed E-state index contributed by atoms with van der Waals surface area (Å²) < 4.78 is 75.9. The molecule has 0 aliphatic carbocycles. The first-order chi connectivity index (χ1) is 23.8. The number of hydrogen-bond donors (Lipinski definition) is 5. The van der Waals surface area contributed by atoms with Crippen molar-refractivity contribution < 1.29 is 91.9 Å². The van der Waals surface area contributed by atoms with Crippen LogP contribution >= 0.6 is 0 Å². The van der Waals surface area contributed by atoms with Gasteiger partial charge in [0.1, 0.15) is 73.2 Å². The molecule has 4 saturated heterocycles. The largest absolute Gasteiger partial charge is 0.457 e. The molecule has 1 unspecified atom stereocenters. The van der Waals surface area contributed by atoms with E-state index in [9.17, 15) is 30.3 Å². The van der Waals surface area contributed by atoms with E-state index >= 15 is 0 Å². The Morgan fingerprint density at radius 3 is 1.54 bits per heavy atom.